The number of hydrogen-bond acceptors (Lipinski definition) is 6. The first-order valence-corrected chi connectivity index (χ1v) is 9.53. The van der Waals surface area contributed by atoms with E-state index in [2.05, 4.69) is 16.0 Å². The van der Waals surface area contributed by atoms with Crippen LogP contribution in [-0.4, -0.2) is 59.4 Å². The largest absolute Gasteiger partial charge is 0.480 e. The molecular weight excluding hydrogens is 382 g/mol. The molecule has 4 atom stereocenters. The molecule has 166 valence electrons. The topological polar surface area (TPSA) is 194 Å². The zero-order valence-corrected chi connectivity index (χ0v) is 17.4. The van der Waals surface area contributed by atoms with Gasteiger partial charge in [0.15, 0.2) is 0 Å². The fourth-order valence-corrected chi connectivity index (χ4v) is 2.45. The van der Waals surface area contributed by atoms with E-state index in [1.807, 2.05) is 20.8 Å². The number of hydrogen-bond donors (Lipinski definition) is 6. The molecule has 4 unspecified atom stereocenters. The van der Waals surface area contributed by atoms with Crippen LogP contribution >= 0.6 is 0 Å². The van der Waals surface area contributed by atoms with Gasteiger partial charge in [-0.2, -0.15) is 0 Å². The number of carboxylic acid groups (broad SMARTS) is 1. The summed E-state index contributed by atoms with van der Waals surface area (Å²) >= 11 is 0. The van der Waals surface area contributed by atoms with Crippen molar-refractivity contribution in [2.75, 3.05) is 6.54 Å². The lowest BCUT2D eigenvalue weighted by atomic mass is 9.98. The Bertz CT molecular complexity index is 610. The monoisotopic (exact) mass is 415 g/mol. The van der Waals surface area contributed by atoms with Crippen molar-refractivity contribution in [1.82, 2.24) is 16.0 Å². The molecule has 0 aliphatic heterocycles. The summed E-state index contributed by atoms with van der Waals surface area (Å²) in [5, 5.41) is 15.8. The summed E-state index contributed by atoms with van der Waals surface area (Å²) in [6.45, 7) is 6.67. The lowest BCUT2D eigenvalue weighted by molar-refractivity contribution is -0.139. The number of nitrogens with two attached hydrogens (primary N) is 2. The van der Waals surface area contributed by atoms with Gasteiger partial charge in [0.05, 0.1) is 12.5 Å². The maximum atomic E-state index is 12.6. The van der Waals surface area contributed by atoms with Gasteiger partial charge in [-0.3, -0.25) is 24.0 Å². The Balaban J connectivity index is 5.31. The molecule has 0 fully saturated rings. The quantitative estimate of drug-likeness (QED) is 0.209. The van der Waals surface area contributed by atoms with E-state index in [4.69, 9.17) is 16.6 Å². The highest BCUT2D eigenvalue weighted by molar-refractivity contribution is 5.95. The van der Waals surface area contributed by atoms with Crippen molar-refractivity contribution < 1.29 is 29.1 Å². The highest BCUT2D eigenvalue weighted by Gasteiger charge is 2.30. The Labute approximate surface area is 170 Å². The first-order chi connectivity index (χ1) is 13.4. The number of nitrogens with one attached hydrogen (secondary N) is 3. The van der Waals surface area contributed by atoms with E-state index in [0.717, 1.165) is 0 Å². The van der Waals surface area contributed by atoms with Gasteiger partial charge in [0.25, 0.3) is 0 Å². The molecule has 0 saturated heterocycles. The fourth-order valence-electron chi connectivity index (χ4n) is 2.45. The maximum absolute atomic E-state index is 12.6. The van der Waals surface area contributed by atoms with E-state index in [9.17, 15) is 24.0 Å². The molecule has 29 heavy (non-hydrogen) atoms. The zero-order valence-electron chi connectivity index (χ0n) is 17.4. The molecule has 4 amide bonds. The minimum absolute atomic E-state index is 0.00103. The van der Waals surface area contributed by atoms with Crippen LogP contribution in [0.25, 0.3) is 0 Å². The van der Waals surface area contributed by atoms with Gasteiger partial charge >= 0.3 is 5.97 Å². The van der Waals surface area contributed by atoms with Crippen molar-refractivity contribution >= 4 is 29.6 Å². The molecule has 0 aromatic rings. The second-order valence-electron chi connectivity index (χ2n) is 7.45. The molecule has 0 bridgehead atoms. The molecular formula is C18H33N5O6. The molecule has 0 aliphatic rings. The summed E-state index contributed by atoms with van der Waals surface area (Å²) in [5.41, 5.74) is 11.0. The zero-order chi connectivity index (χ0) is 22.7. The minimum atomic E-state index is -1.31. The van der Waals surface area contributed by atoms with E-state index in [1.165, 1.54) is 0 Å². The number of carbonyl (C=O) groups is 5. The number of carbonyl (C=O) groups excluding carboxylic acids is 4. The van der Waals surface area contributed by atoms with Gasteiger partial charge in [0.1, 0.15) is 18.6 Å². The van der Waals surface area contributed by atoms with Gasteiger partial charge in [-0.15, -0.1) is 0 Å². The molecule has 0 rings (SSSR count). The van der Waals surface area contributed by atoms with E-state index in [-0.39, 0.29) is 18.3 Å². The second-order valence-corrected chi connectivity index (χ2v) is 7.45. The third-order valence-electron chi connectivity index (χ3n) is 4.35. The summed E-state index contributed by atoms with van der Waals surface area (Å²) in [4.78, 5) is 59.2. The van der Waals surface area contributed by atoms with Crippen molar-refractivity contribution in [3.8, 4) is 0 Å². The average Bonchev–Trinajstić information content (AvgIpc) is 2.62. The number of carboxylic acids is 1. The fraction of sp³-hybridized carbons (Fsp3) is 0.722. The van der Waals surface area contributed by atoms with Crippen LogP contribution in [-0.2, 0) is 24.0 Å². The molecule has 11 nitrogen and oxygen atoms in total. The van der Waals surface area contributed by atoms with Crippen LogP contribution in [0.1, 0.15) is 47.0 Å². The van der Waals surface area contributed by atoms with Crippen LogP contribution < -0.4 is 27.4 Å². The van der Waals surface area contributed by atoms with Gasteiger partial charge in [-0.05, 0) is 18.3 Å². The maximum Gasteiger partial charge on any atom is 0.322 e. The predicted octanol–water partition coefficient (Wildman–Crippen LogP) is -1.55. The molecule has 0 aromatic heterocycles. The first-order valence-electron chi connectivity index (χ1n) is 9.53. The highest BCUT2D eigenvalue weighted by atomic mass is 16.4. The third kappa shape index (κ3) is 10.4. The van der Waals surface area contributed by atoms with Gasteiger partial charge in [-0.1, -0.05) is 34.1 Å². The summed E-state index contributed by atoms with van der Waals surface area (Å²) in [5.74, 6) is -4.29. The normalized spacial score (nSPS) is 15.0. The van der Waals surface area contributed by atoms with E-state index in [1.54, 1.807) is 6.92 Å². The van der Waals surface area contributed by atoms with Crippen molar-refractivity contribution in [2.45, 2.75) is 65.1 Å². The van der Waals surface area contributed by atoms with Crippen molar-refractivity contribution in [3.05, 3.63) is 0 Å². The Morgan fingerprint density at radius 3 is 1.93 bits per heavy atom. The Morgan fingerprint density at radius 1 is 0.931 bits per heavy atom. The standard InChI is InChI=1S/C18H33N5O6/c1-5-10(4)15(20)18(29)23-12(7-13(19)24)17(28)22-11(6-9(2)3)16(27)21-8-14(25)26/h9-12,15H,5-8,20H2,1-4H3,(H2,19,24)(H,21,27)(H,22,28)(H,23,29)(H,25,26). The van der Waals surface area contributed by atoms with Crippen LogP contribution in [0.4, 0.5) is 0 Å². The van der Waals surface area contributed by atoms with Crippen LogP contribution in [0.5, 0.6) is 0 Å². The SMILES string of the molecule is CCC(C)C(N)C(=O)NC(CC(N)=O)C(=O)NC(CC(C)C)C(=O)NCC(=O)O. The number of primary amides is 1. The molecule has 11 heteroatoms. The van der Waals surface area contributed by atoms with Gasteiger partial charge in [0.2, 0.25) is 23.6 Å². The van der Waals surface area contributed by atoms with Crippen LogP contribution in [0.15, 0.2) is 0 Å². The van der Waals surface area contributed by atoms with Crippen molar-refractivity contribution in [2.24, 2.45) is 23.3 Å². The van der Waals surface area contributed by atoms with E-state index in [0.29, 0.717) is 6.42 Å². The Morgan fingerprint density at radius 2 is 1.48 bits per heavy atom. The molecule has 8 N–H and O–H groups in total. The molecule has 0 heterocycles. The van der Waals surface area contributed by atoms with Gasteiger partial charge < -0.3 is 32.5 Å². The van der Waals surface area contributed by atoms with Crippen LogP contribution in [0, 0.1) is 11.8 Å². The average molecular weight is 415 g/mol. The second kappa shape index (κ2) is 12.7. The van der Waals surface area contributed by atoms with Crippen LogP contribution in [0.3, 0.4) is 0 Å². The highest BCUT2D eigenvalue weighted by Crippen LogP contribution is 2.08. The molecule has 0 aliphatic carbocycles. The molecule has 0 spiro atoms. The summed E-state index contributed by atoms with van der Waals surface area (Å²) in [6, 6.07) is -3.23. The van der Waals surface area contributed by atoms with Crippen molar-refractivity contribution in [3.63, 3.8) is 0 Å². The van der Waals surface area contributed by atoms with Gasteiger partial charge in [0, 0.05) is 0 Å². The van der Waals surface area contributed by atoms with Crippen molar-refractivity contribution in [1.29, 1.82) is 0 Å². The molecule has 0 radical (unpaired) electrons. The predicted molar refractivity (Wildman–Crippen MR) is 105 cm³/mol. The summed E-state index contributed by atoms with van der Waals surface area (Å²) in [7, 11) is 0. The lowest BCUT2D eigenvalue weighted by Gasteiger charge is -2.25. The summed E-state index contributed by atoms with van der Waals surface area (Å²) in [6.07, 6.45) is 0.387. The van der Waals surface area contributed by atoms with Gasteiger partial charge in [-0.25, -0.2) is 0 Å². The Kier molecular flexibility index (Phi) is 11.5. The smallest absolute Gasteiger partial charge is 0.322 e. The molecule has 0 aromatic carbocycles. The number of amides is 4. The number of aliphatic carboxylic acids is 1. The summed E-state index contributed by atoms with van der Waals surface area (Å²) < 4.78 is 0. The van der Waals surface area contributed by atoms with E-state index < -0.39 is 60.7 Å². The first kappa shape index (κ1) is 26.3. The third-order valence-corrected chi connectivity index (χ3v) is 4.35. The number of rotatable bonds is 13. The lowest BCUT2D eigenvalue weighted by Crippen LogP contribution is -2.57. The Hall–Kier alpha value is -2.69. The molecule has 0 saturated carbocycles. The minimum Gasteiger partial charge on any atom is -0.480 e. The van der Waals surface area contributed by atoms with Crippen LogP contribution in [0.2, 0.25) is 0 Å². The van der Waals surface area contributed by atoms with E-state index >= 15 is 0 Å².